The predicted molar refractivity (Wildman–Crippen MR) is 91.2 cm³/mol. The van der Waals surface area contributed by atoms with Crippen molar-refractivity contribution >= 4 is 11.3 Å². The third-order valence-corrected chi connectivity index (χ3v) is 5.62. The van der Waals surface area contributed by atoms with Gasteiger partial charge in [-0.1, -0.05) is 0 Å². The van der Waals surface area contributed by atoms with Gasteiger partial charge in [0.2, 0.25) is 5.88 Å². The zero-order valence-electron chi connectivity index (χ0n) is 14.1. The lowest BCUT2D eigenvalue weighted by molar-refractivity contribution is -0.188. The fourth-order valence-electron chi connectivity index (χ4n) is 3.53. The number of aryl methyl sites for hydroxylation is 2. The van der Waals surface area contributed by atoms with Gasteiger partial charge in [0, 0.05) is 43.5 Å². The van der Waals surface area contributed by atoms with Gasteiger partial charge < -0.3 is 9.47 Å². The molecule has 4 heterocycles. The first-order valence-corrected chi connectivity index (χ1v) is 9.20. The van der Waals surface area contributed by atoms with Gasteiger partial charge >= 0.3 is 0 Å². The number of aromatic nitrogens is 3. The average molecular weight is 346 g/mol. The maximum absolute atomic E-state index is 6.10. The molecule has 1 atom stereocenters. The highest BCUT2D eigenvalue weighted by Gasteiger charge is 2.48. The van der Waals surface area contributed by atoms with E-state index in [2.05, 4.69) is 26.8 Å². The maximum atomic E-state index is 6.10. The van der Waals surface area contributed by atoms with Crippen molar-refractivity contribution in [3.05, 3.63) is 34.2 Å². The average Bonchev–Trinajstić information content (AvgIpc) is 2.91. The van der Waals surface area contributed by atoms with Crippen LogP contribution < -0.4 is 4.74 Å². The summed E-state index contributed by atoms with van der Waals surface area (Å²) < 4.78 is 12.2. The molecule has 128 valence electrons. The van der Waals surface area contributed by atoms with Crippen molar-refractivity contribution in [2.24, 2.45) is 0 Å². The molecule has 4 rings (SSSR count). The maximum Gasteiger partial charge on any atom is 0.232 e. The Morgan fingerprint density at radius 3 is 3.00 bits per heavy atom. The molecule has 0 unspecified atom stereocenters. The molecule has 2 fully saturated rings. The summed E-state index contributed by atoms with van der Waals surface area (Å²) in [5, 5.41) is 0. The highest BCUT2D eigenvalue weighted by atomic mass is 32.1. The van der Waals surface area contributed by atoms with Gasteiger partial charge in [-0.25, -0.2) is 9.97 Å². The van der Waals surface area contributed by atoms with Crippen molar-refractivity contribution in [2.75, 3.05) is 19.7 Å². The van der Waals surface area contributed by atoms with Crippen LogP contribution in [-0.4, -0.2) is 51.3 Å². The van der Waals surface area contributed by atoms with Crippen LogP contribution in [0, 0.1) is 13.8 Å². The summed E-state index contributed by atoms with van der Waals surface area (Å²) in [6.45, 7) is 7.64. The van der Waals surface area contributed by atoms with Crippen molar-refractivity contribution < 1.29 is 9.47 Å². The van der Waals surface area contributed by atoms with E-state index in [1.165, 1.54) is 4.88 Å². The number of hydrogen-bond donors (Lipinski definition) is 0. The molecule has 2 aliphatic rings. The SMILES string of the molecule is Cc1cncc(O[C@@H]2CCOC3(C2)CN(Cc2scnc2C)C3)n1. The van der Waals surface area contributed by atoms with Crippen molar-refractivity contribution in [2.45, 2.75) is 44.9 Å². The Morgan fingerprint density at radius 2 is 2.25 bits per heavy atom. The molecule has 0 bridgehead atoms. The van der Waals surface area contributed by atoms with Gasteiger partial charge in [0.25, 0.3) is 0 Å². The Kier molecular flexibility index (Phi) is 4.24. The Morgan fingerprint density at radius 1 is 1.38 bits per heavy atom. The summed E-state index contributed by atoms with van der Waals surface area (Å²) in [7, 11) is 0. The molecule has 2 aliphatic heterocycles. The molecular formula is C17H22N4O2S. The summed E-state index contributed by atoms with van der Waals surface area (Å²) in [6.07, 6.45) is 5.41. The van der Waals surface area contributed by atoms with Crippen LogP contribution in [0.15, 0.2) is 17.9 Å². The minimum atomic E-state index is -0.0568. The van der Waals surface area contributed by atoms with Gasteiger partial charge in [-0.3, -0.25) is 9.88 Å². The largest absolute Gasteiger partial charge is 0.473 e. The van der Waals surface area contributed by atoms with Gasteiger partial charge in [-0.05, 0) is 13.8 Å². The molecule has 7 heteroatoms. The smallest absolute Gasteiger partial charge is 0.232 e. The third-order valence-electron chi connectivity index (χ3n) is 4.70. The number of thiazole rings is 1. The second-order valence-electron chi connectivity index (χ2n) is 6.77. The van der Waals surface area contributed by atoms with Gasteiger partial charge in [0.1, 0.15) is 6.10 Å². The third kappa shape index (κ3) is 3.29. The number of ether oxygens (including phenoxy) is 2. The fraction of sp³-hybridized carbons (Fsp3) is 0.588. The fourth-order valence-corrected chi connectivity index (χ4v) is 4.35. The van der Waals surface area contributed by atoms with Gasteiger partial charge in [-0.2, -0.15) is 0 Å². The first-order valence-electron chi connectivity index (χ1n) is 8.32. The standard InChI is InChI=1S/C17H22N4O2S/c1-12-6-18-7-16(20-12)23-14-3-4-22-17(5-14)9-21(10-17)8-15-13(2)19-11-24-15/h6-7,11,14H,3-5,8-10H2,1-2H3/t14-/m1/s1. The lowest BCUT2D eigenvalue weighted by atomic mass is 9.84. The molecule has 0 saturated carbocycles. The lowest BCUT2D eigenvalue weighted by Gasteiger charge is -2.53. The number of hydrogen-bond acceptors (Lipinski definition) is 7. The van der Waals surface area contributed by atoms with Crippen LogP contribution in [0.3, 0.4) is 0 Å². The molecule has 0 radical (unpaired) electrons. The van der Waals surface area contributed by atoms with Crippen LogP contribution in [0.1, 0.15) is 29.1 Å². The van der Waals surface area contributed by atoms with Gasteiger partial charge in [0.05, 0.1) is 35.3 Å². The van der Waals surface area contributed by atoms with E-state index in [0.29, 0.717) is 5.88 Å². The van der Waals surface area contributed by atoms with Crippen LogP contribution in [-0.2, 0) is 11.3 Å². The summed E-state index contributed by atoms with van der Waals surface area (Å²) in [5.74, 6) is 0.619. The summed E-state index contributed by atoms with van der Waals surface area (Å²) in [6, 6.07) is 0. The molecule has 0 aliphatic carbocycles. The zero-order valence-corrected chi connectivity index (χ0v) is 14.9. The molecule has 0 amide bonds. The number of nitrogens with zero attached hydrogens (tertiary/aromatic N) is 4. The van der Waals surface area contributed by atoms with E-state index in [9.17, 15) is 0 Å². The van der Waals surface area contributed by atoms with Crippen LogP contribution >= 0.6 is 11.3 Å². The Hall–Kier alpha value is -1.57. The van der Waals surface area contributed by atoms with Gasteiger partial charge in [0.15, 0.2) is 0 Å². The lowest BCUT2D eigenvalue weighted by Crippen LogP contribution is -2.65. The van der Waals surface area contributed by atoms with Crippen molar-refractivity contribution in [3.8, 4) is 5.88 Å². The van der Waals surface area contributed by atoms with Crippen LogP contribution in [0.25, 0.3) is 0 Å². The molecule has 24 heavy (non-hydrogen) atoms. The van der Waals surface area contributed by atoms with E-state index in [0.717, 1.165) is 50.5 Å². The van der Waals surface area contributed by atoms with Crippen molar-refractivity contribution in [1.29, 1.82) is 0 Å². The van der Waals surface area contributed by atoms with Crippen LogP contribution in [0.5, 0.6) is 5.88 Å². The molecule has 2 aromatic heterocycles. The molecule has 2 aromatic rings. The Balaban J connectivity index is 1.33. The van der Waals surface area contributed by atoms with E-state index < -0.39 is 0 Å². The molecule has 6 nitrogen and oxygen atoms in total. The summed E-state index contributed by atoms with van der Waals surface area (Å²) in [5.41, 5.74) is 3.89. The number of likely N-dealkylation sites (tertiary alicyclic amines) is 1. The first kappa shape index (κ1) is 15.9. The Labute approximate surface area is 145 Å². The van der Waals surface area contributed by atoms with Gasteiger partial charge in [-0.15, -0.1) is 11.3 Å². The van der Waals surface area contributed by atoms with Crippen molar-refractivity contribution in [1.82, 2.24) is 19.9 Å². The minimum absolute atomic E-state index is 0.0568. The van der Waals surface area contributed by atoms with Crippen molar-refractivity contribution in [3.63, 3.8) is 0 Å². The predicted octanol–water partition coefficient (Wildman–Crippen LogP) is 2.36. The topological polar surface area (TPSA) is 60.4 Å². The van der Waals surface area contributed by atoms with E-state index >= 15 is 0 Å². The second kappa shape index (κ2) is 6.38. The monoisotopic (exact) mass is 346 g/mol. The summed E-state index contributed by atoms with van der Waals surface area (Å²) in [4.78, 5) is 16.6. The van der Waals surface area contributed by atoms with E-state index in [1.807, 2.05) is 12.4 Å². The highest BCUT2D eigenvalue weighted by Crippen LogP contribution is 2.36. The zero-order chi connectivity index (χ0) is 16.6. The van der Waals surface area contributed by atoms with E-state index in [-0.39, 0.29) is 11.7 Å². The normalized spacial score (nSPS) is 23.2. The molecule has 2 saturated heterocycles. The van der Waals surface area contributed by atoms with Crippen LogP contribution in [0.4, 0.5) is 0 Å². The number of rotatable bonds is 4. The molecular weight excluding hydrogens is 324 g/mol. The van der Waals surface area contributed by atoms with E-state index in [4.69, 9.17) is 9.47 Å². The summed E-state index contributed by atoms with van der Waals surface area (Å²) >= 11 is 1.73. The Bertz CT molecular complexity index is 714. The van der Waals surface area contributed by atoms with Crippen LogP contribution in [0.2, 0.25) is 0 Å². The molecule has 0 aromatic carbocycles. The quantitative estimate of drug-likeness (QED) is 0.847. The molecule has 0 N–H and O–H groups in total. The van der Waals surface area contributed by atoms with E-state index in [1.54, 1.807) is 23.7 Å². The first-order chi connectivity index (χ1) is 11.6. The minimum Gasteiger partial charge on any atom is -0.473 e. The second-order valence-corrected chi connectivity index (χ2v) is 7.71. The molecule has 1 spiro atoms. The highest BCUT2D eigenvalue weighted by molar-refractivity contribution is 7.09.